The van der Waals surface area contributed by atoms with Crippen LogP contribution in [0.1, 0.15) is 5.56 Å². The molecule has 0 aromatic heterocycles. The first kappa shape index (κ1) is 15.2. The third-order valence-electron chi connectivity index (χ3n) is 3.60. The van der Waals surface area contributed by atoms with Crippen LogP contribution >= 0.6 is 0 Å². The number of phenolic OH excluding ortho intramolecular Hbond substituents is 2. The van der Waals surface area contributed by atoms with Crippen molar-refractivity contribution in [3.63, 3.8) is 0 Å². The molecule has 0 bridgehead atoms. The van der Waals surface area contributed by atoms with Crippen LogP contribution in [0.2, 0.25) is 0 Å². The van der Waals surface area contributed by atoms with E-state index in [1.807, 2.05) is 0 Å². The van der Waals surface area contributed by atoms with E-state index in [1.54, 1.807) is 37.3 Å². The summed E-state index contributed by atoms with van der Waals surface area (Å²) in [7, 11) is -3.79. The summed E-state index contributed by atoms with van der Waals surface area (Å²) >= 11 is 0. The van der Waals surface area contributed by atoms with E-state index in [2.05, 4.69) is 4.72 Å². The smallest absolute Gasteiger partial charge is 0.261 e. The summed E-state index contributed by atoms with van der Waals surface area (Å²) in [5.74, 6) is 0.128. The van der Waals surface area contributed by atoms with E-state index in [-0.39, 0.29) is 16.4 Å². The number of fused-ring (bicyclic) bond motifs is 1. The zero-order valence-electron chi connectivity index (χ0n) is 12.3. The van der Waals surface area contributed by atoms with E-state index in [4.69, 9.17) is 0 Å². The lowest BCUT2D eigenvalue weighted by Crippen LogP contribution is -2.13. The molecule has 0 atom stereocenters. The van der Waals surface area contributed by atoms with Crippen LogP contribution in [0.5, 0.6) is 11.5 Å². The van der Waals surface area contributed by atoms with Gasteiger partial charge in [-0.05, 0) is 42.8 Å². The molecule has 3 aromatic carbocycles. The fourth-order valence-corrected chi connectivity index (χ4v) is 3.48. The maximum absolute atomic E-state index is 12.5. The zero-order valence-corrected chi connectivity index (χ0v) is 13.1. The van der Waals surface area contributed by atoms with E-state index in [1.165, 1.54) is 24.3 Å². The zero-order chi connectivity index (χ0) is 16.6. The fourth-order valence-electron chi connectivity index (χ4n) is 2.41. The quantitative estimate of drug-likeness (QED) is 0.643. The third kappa shape index (κ3) is 2.80. The second kappa shape index (κ2) is 5.48. The summed E-state index contributed by atoms with van der Waals surface area (Å²) in [6, 6.07) is 13.9. The predicted molar refractivity (Wildman–Crippen MR) is 89.3 cm³/mol. The van der Waals surface area contributed by atoms with Gasteiger partial charge < -0.3 is 10.2 Å². The minimum absolute atomic E-state index is 0.00474. The van der Waals surface area contributed by atoms with Crippen LogP contribution in [0.4, 0.5) is 5.69 Å². The van der Waals surface area contributed by atoms with Gasteiger partial charge in [-0.25, -0.2) is 8.42 Å². The first-order valence-corrected chi connectivity index (χ1v) is 8.40. The predicted octanol–water partition coefficient (Wildman–Crippen LogP) is 3.36. The van der Waals surface area contributed by atoms with Gasteiger partial charge in [-0.1, -0.05) is 24.3 Å². The van der Waals surface area contributed by atoms with Gasteiger partial charge in [-0.15, -0.1) is 0 Å². The SMILES string of the molecule is Cc1cc(NS(=O)(=O)c2ccc(O)cc2)c2ccccc2c1O. The van der Waals surface area contributed by atoms with Crippen molar-refractivity contribution in [1.29, 1.82) is 0 Å². The molecule has 0 aliphatic heterocycles. The largest absolute Gasteiger partial charge is 0.508 e. The number of phenols is 2. The number of hydrogen-bond donors (Lipinski definition) is 3. The van der Waals surface area contributed by atoms with Crippen molar-refractivity contribution >= 4 is 26.5 Å². The molecule has 0 aliphatic rings. The van der Waals surface area contributed by atoms with Crippen molar-refractivity contribution in [1.82, 2.24) is 0 Å². The minimum Gasteiger partial charge on any atom is -0.508 e. The van der Waals surface area contributed by atoms with Crippen LogP contribution in [0, 0.1) is 6.92 Å². The minimum atomic E-state index is -3.79. The number of benzene rings is 3. The van der Waals surface area contributed by atoms with Gasteiger partial charge in [-0.3, -0.25) is 4.72 Å². The average molecular weight is 329 g/mol. The number of sulfonamides is 1. The maximum atomic E-state index is 12.5. The molecule has 0 unspecified atom stereocenters. The van der Waals surface area contributed by atoms with Crippen LogP contribution < -0.4 is 4.72 Å². The maximum Gasteiger partial charge on any atom is 0.261 e. The average Bonchev–Trinajstić information content (AvgIpc) is 2.52. The van der Waals surface area contributed by atoms with Crippen molar-refractivity contribution in [3.8, 4) is 11.5 Å². The van der Waals surface area contributed by atoms with Gasteiger partial charge in [0.05, 0.1) is 10.6 Å². The Balaban J connectivity index is 2.11. The van der Waals surface area contributed by atoms with Crippen molar-refractivity contribution in [3.05, 3.63) is 60.2 Å². The van der Waals surface area contributed by atoms with Crippen LogP contribution in [-0.2, 0) is 10.0 Å². The second-order valence-electron chi connectivity index (χ2n) is 5.23. The summed E-state index contributed by atoms with van der Waals surface area (Å²) < 4.78 is 27.5. The number of anilines is 1. The molecular formula is C17H15NO4S. The molecule has 3 N–H and O–H groups in total. The summed E-state index contributed by atoms with van der Waals surface area (Å²) in [4.78, 5) is 0.0464. The van der Waals surface area contributed by atoms with Crippen LogP contribution in [0.15, 0.2) is 59.5 Å². The highest BCUT2D eigenvalue weighted by Gasteiger charge is 2.17. The van der Waals surface area contributed by atoms with Crippen LogP contribution in [0.25, 0.3) is 10.8 Å². The Kier molecular flexibility index (Phi) is 3.61. The number of nitrogens with one attached hydrogen (secondary N) is 1. The Morgan fingerprint density at radius 1 is 0.913 bits per heavy atom. The van der Waals surface area contributed by atoms with E-state index >= 15 is 0 Å². The summed E-state index contributed by atoms with van der Waals surface area (Å²) in [6.07, 6.45) is 0. The van der Waals surface area contributed by atoms with Gasteiger partial charge in [0.15, 0.2) is 0 Å². The lowest BCUT2D eigenvalue weighted by molar-refractivity contribution is 0.474. The van der Waals surface area contributed by atoms with Crippen LogP contribution in [0.3, 0.4) is 0 Å². The summed E-state index contributed by atoms with van der Waals surface area (Å²) in [5.41, 5.74) is 0.969. The van der Waals surface area contributed by atoms with Gasteiger partial charge in [0, 0.05) is 10.8 Å². The second-order valence-corrected chi connectivity index (χ2v) is 6.92. The third-order valence-corrected chi connectivity index (χ3v) is 4.98. The van der Waals surface area contributed by atoms with Gasteiger partial charge in [0.25, 0.3) is 10.0 Å². The molecular weight excluding hydrogens is 314 g/mol. The number of aromatic hydroxyl groups is 2. The lowest BCUT2D eigenvalue weighted by atomic mass is 10.0. The standard InChI is InChI=1S/C17H15NO4S/c1-11-10-16(14-4-2-3-5-15(14)17(11)20)18-23(21,22)13-8-6-12(19)7-9-13/h2-10,18-20H,1H3. The molecule has 0 amide bonds. The lowest BCUT2D eigenvalue weighted by Gasteiger charge is -2.13. The Hall–Kier alpha value is -2.73. The van der Waals surface area contributed by atoms with Crippen molar-refractivity contribution in [2.75, 3.05) is 4.72 Å². The summed E-state index contributed by atoms with van der Waals surface area (Å²) in [6.45, 7) is 1.71. The molecule has 0 saturated heterocycles. The molecule has 5 nitrogen and oxygen atoms in total. The highest BCUT2D eigenvalue weighted by atomic mass is 32.2. The van der Waals surface area contributed by atoms with Crippen molar-refractivity contribution < 1.29 is 18.6 Å². The molecule has 0 aliphatic carbocycles. The first-order valence-electron chi connectivity index (χ1n) is 6.91. The van der Waals surface area contributed by atoms with E-state index in [9.17, 15) is 18.6 Å². The monoisotopic (exact) mass is 329 g/mol. The van der Waals surface area contributed by atoms with E-state index in [0.717, 1.165) is 0 Å². The number of hydrogen-bond acceptors (Lipinski definition) is 4. The molecule has 3 rings (SSSR count). The Morgan fingerprint density at radius 3 is 2.17 bits per heavy atom. The van der Waals surface area contributed by atoms with E-state index in [0.29, 0.717) is 22.0 Å². The number of aryl methyl sites for hydroxylation is 1. The van der Waals surface area contributed by atoms with Gasteiger partial charge in [-0.2, -0.15) is 0 Å². The molecule has 3 aromatic rings. The first-order chi connectivity index (χ1) is 10.9. The fraction of sp³-hybridized carbons (Fsp3) is 0.0588. The molecule has 0 saturated carbocycles. The highest BCUT2D eigenvalue weighted by Crippen LogP contribution is 2.35. The molecule has 0 radical (unpaired) electrons. The van der Waals surface area contributed by atoms with Crippen molar-refractivity contribution in [2.24, 2.45) is 0 Å². The molecule has 0 heterocycles. The molecule has 23 heavy (non-hydrogen) atoms. The van der Waals surface area contributed by atoms with Crippen molar-refractivity contribution in [2.45, 2.75) is 11.8 Å². The topological polar surface area (TPSA) is 86.6 Å². The van der Waals surface area contributed by atoms with Gasteiger partial charge in [0.1, 0.15) is 11.5 Å². The molecule has 0 spiro atoms. The molecule has 0 fully saturated rings. The molecule has 118 valence electrons. The summed E-state index contributed by atoms with van der Waals surface area (Å²) in [5, 5.41) is 20.6. The normalized spacial score (nSPS) is 11.5. The molecule has 6 heteroatoms. The Morgan fingerprint density at radius 2 is 1.52 bits per heavy atom. The van der Waals surface area contributed by atoms with Gasteiger partial charge >= 0.3 is 0 Å². The Bertz CT molecular complexity index is 979. The Labute approximate surface area is 133 Å². The van der Waals surface area contributed by atoms with E-state index < -0.39 is 10.0 Å². The number of rotatable bonds is 3. The van der Waals surface area contributed by atoms with Crippen LogP contribution in [-0.4, -0.2) is 18.6 Å². The van der Waals surface area contributed by atoms with Gasteiger partial charge in [0.2, 0.25) is 0 Å². The highest BCUT2D eigenvalue weighted by molar-refractivity contribution is 7.92.